The largest absolute Gasteiger partial charge is 0.481 e. The predicted octanol–water partition coefficient (Wildman–Crippen LogP) is 1.75. The van der Waals surface area contributed by atoms with Crippen LogP contribution in [-0.2, 0) is 9.53 Å². The van der Waals surface area contributed by atoms with Crippen LogP contribution >= 0.6 is 0 Å². The van der Waals surface area contributed by atoms with Gasteiger partial charge in [-0.2, -0.15) is 0 Å². The first-order valence-electron chi connectivity index (χ1n) is 5.28. The van der Waals surface area contributed by atoms with E-state index in [2.05, 4.69) is 10.1 Å². The van der Waals surface area contributed by atoms with E-state index in [0.29, 0.717) is 24.2 Å². The van der Waals surface area contributed by atoms with E-state index in [0.717, 1.165) is 0 Å². The van der Waals surface area contributed by atoms with Crippen LogP contribution in [0.15, 0.2) is 24.3 Å². The Balaban J connectivity index is 2.58. The van der Waals surface area contributed by atoms with Gasteiger partial charge in [0.15, 0.2) is 0 Å². The molecule has 0 amide bonds. The molecule has 1 aromatic rings. The molecule has 5 heteroatoms. The summed E-state index contributed by atoms with van der Waals surface area (Å²) in [5.74, 6) is -1.24. The number of ether oxygens (including phenoxy) is 1. The molecule has 0 heterocycles. The summed E-state index contributed by atoms with van der Waals surface area (Å²) in [6.45, 7) is 0.500. The highest BCUT2D eigenvalue weighted by Crippen LogP contribution is 2.15. The standard InChI is InChI=1S/C12H15NO4/c1-17-12(16)9-5-2-3-6-10(9)13-8-4-7-11(14)15/h2-3,5-6,13H,4,7-8H2,1H3,(H,14,15). The zero-order chi connectivity index (χ0) is 12.7. The zero-order valence-corrected chi connectivity index (χ0v) is 9.60. The fourth-order valence-electron chi connectivity index (χ4n) is 1.39. The van der Waals surface area contributed by atoms with Gasteiger partial charge in [0.2, 0.25) is 0 Å². The number of methoxy groups -OCH3 is 1. The Morgan fingerprint density at radius 3 is 2.71 bits per heavy atom. The van der Waals surface area contributed by atoms with Crippen LogP contribution in [-0.4, -0.2) is 30.7 Å². The lowest BCUT2D eigenvalue weighted by molar-refractivity contribution is -0.137. The van der Waals surface area contributed by atoms with E-state index in [-0.39, 0.29) is 6.42 Å². The molecule has 17 heavy (non-hydrogen) atoms. The molecule has 0 aromatic heterocycles. The molecule has 0 aliphatic heterocycles. The highest BCUT2D eigenvalue weighted by Gasteiger charge is 2.10. The van der Waals surface area contributed by atoms with Crippen molar-refractivity contribution < 1.29 is 19.4 Å². The molecule has 92 valence electrons. The molecule has 0 aliphatic rings. The summed E-state index contributed by atoms with van der Waals surface area (Å²) in [6, 6.07) is 6.96. The number of carboxylic acid groups (broad SMARTS) is 1. The van der Waals surface area contributed by atoms with Gasteiger partial charge in [0.05, 0.1) is 12.7 Å². The Labute approximate surface area is 99.4 Å². The summed E-state index contributed by atoms with van der Waals surface area (Å²) in [7, 11) is 1.32. The smallest absolute Gasteiger partial charge is 0.339 e. The fraction of sp³-hybridized carbons (Fsp3) is 0.333. The lowest BCUT2D eigenvalue weighted by Crippen LogP contribution is -2.10. The van der Waals surface area contributed by atoms with Gasteiger partial charge in [0.1, 0.15) is 0 Å². The van der Waals surface area contributed by atoms with Gasteiger partial charge < -0.3 is 15.2 Å². The summed E-state index contributed by atoms with van der Waals surface area (Å²) in [4.78, 5) is 21.7. The van der Waals surface area contributed by atoms with Crippen molar-refractivity contribution in [1.29, 1.82) is 0 Å². The predicted molar refractivity (Wildman–Crippen MR) is 63.1 cm³/mol. The number of anilines is 1. The molecular formula is C12H15NO4. The minimum Gasteiger partial charge on any atom is -0.481 e. The van der Waals surface area contributed by atoms with Crippen LogP contribution < -0.4 is 5.32 Å². The van der Waals surface area contributed by atoms with Crippen LogP contribution in [0.4, 0.5) is 5.69 Å². The van der Waals surface area contributed by atoms with Crippen LogP contribution in [0.5, 0.6) is 0 Å². The molecular weight excluding hydrogens is 222 g/mol. The molecule has 0 bridgehead atoms. The van der Waals surface area contributed by atoms with Crippen LogP contribution in [0.25, 0.3) is 0 Å². The van der Waals surface area contributed by atoms with E-state index in [1.54, 1.807) is 24.3 Å². The summed E-state index contributed by atoms with van der Waals surface area (Å²) in [6.07, 6.45) is 0.609. The molecule has 0 fully saturated rings. The summed E-state index contributed by atoms with van der Waals surface area (Å²) < 4.78 is 4.65. The van der Waals surface area contributed by atoms with Gasteiger partial charge in [-0.3, -0.25) is 4.79 Å². The summed E-state index contributed by atoms with van der Waals surface area (Å²) in [5, 5.41) is 11.5. The molecule has 0 saturated carbocycles. The molecule has 2 N–H and O–H groups in total. The fourth-order valence-corrected chi connectivity index (χ4v) is 1.39. The Morgan fingerprint density at radius 2 is 2.06 bits per heavy atom. The quantitative estimate of drug-likeness (QED) is 0.582. The van der Waals surface area contributed by atoms with Crippen molar-refractivity contribution >= 4 is 17.6 Å². The van der Waals surface area contributed by atoms with Crippen LogP contribution in [0.2, 0.25) is 0 Å². The van der Waals surface area contributed by atoms with Gasteiger partial charge >= 0.3 is 11.9 Å². The molecule has 0 aliphatic carbocycles. The molecule has 0 saturated heterocycles. The first kappa shape index (κ1) is 13.0. The summed E-state index contributed by atoms with van der Waals surface area (Å²) in [5.41, 5.74) is 1.11. The maximum absolute atomic E-state index is 11.4. The number of benzene rings is 1. The van der Waals surface area contributed by atoms with Crippen LogP contribution in [0.3, 0.4) is 0 Å². The van der Waals surface area contributed by atoms with Crippen molar-refractivity contribution in [2.45, 2.75) is 12.8 Å². The molecule has 0 unspecified atom stereocenters. The van der Waals surface area contributed by atoms with Crippen molar-refractivity contribution in [3.63, 3.8) is 0 Å². The normalized spacial score (nSPS) is 9.71. The third-order valence-corrected chi connectivity index (χ3v) is 2.22. The number of esters is 1. The minimum atomic E-state index is -0.826. The first-order chi connectivity index (χ1) is 8.15. The Kier molecular flexibility index (Phi) is 5.00. The lowest BCUT2D eigenvalue weighted by atomic mass is 10.1. The number of carboxylic acids is 1. The third kappa shape index (κ3) is 4.14. The second-order valence-electron chi connectivity index (χ2n) is 3.46. The number of hydrogen-bond acceptors (Lipinski definition) is 4. The number of hydrogen-bond donors (Lipinski definition) is 2. The number of nitrogens with one attached hydrogen (secondary N) is 1. The van der Waals surface area contributed by atoms with Crippen LogP contribution in [0, 0.1) is 0 Å². The highest BCUT2D eigenvalue weighted by atomic mass is 16.5. The van der Waals surface area contributed by atoms with E-state index in [4.69, 9.17) is 5.11 Å². The van der Waals surface area contributed by atoms with Crippen molar-refractivity contribution in [3.05, 3.63) is 29.8 Å². The van der Waals surface area contributed by atoms with E-state index < -0.39 is 11.9 Å². The number of carbonyl (C=O) groups excluding carboxylic acids is 1. The zero-order valence-electron chi connectivity index (χ0n) is 9.60. The van der Waals surface area contributed by atoms with Crippen molar-refractivity contribution in [2.24, 2.45) is 0 Å². The molecule has 5 nitrogen and oxygen atoms in total. The Hall–Kier alpha value is -2.04. The Bertz CT molecular complexity index is 403. The van der Waals surface area contributed by atoms with E-state index in [9.17, 15) is 9.59 Å². The average Bonchev–Trinajstić information content (AvgIpc) is 2.34. The monoisotopic (exact) mass is 237 g/mol. The van der Waals surface area contributed by atoms with Crippen molar-refractivity contribution in [2.75, 3.05) is 19.0 Å². The minimum absolute atomic E-state index is 0.105. The third-order valence-electron chi connectivity index (χ3n) is 2.22. The van der Waals surface area contributed by atoms with Gasteiger partial charge in [-0.05, 0) is 18.6 Å². The van der Waals surface area contributed by atoms with Crippen molar-refractivity contribution in [1.82, 2.24) is 0 Å². The van der Waals surface area contributed by atoms with E-state index in [1.165, 1.54) is 7.11 Å². The van der Waals surface area contributed by atoms with Gasteiger partial charge in [-0.25, -0.2) is 4.79 Å². The number of aliphatic carboxylic acids is 1. The highest BCUT2D eigenvalue weighted by molar-refractivity contribution is 5.95. The average molecular weight is 237 g/mol. The topological polar surface area (TPSA) is 75.6 Å². The molecule has 0 spiro atoms. The molecule has 1 aromatic carbocycles. The number of carbonyl (C=O) groups is 2. The first-order valence-corrected chi connectivity index (χ1v) is 5.28. The van der Waals surface area contributed by atoms with Gasteiger partial charge in [-0.15, -0.1) is 0 Å². The van der Waals surface area contributed by atoms with Gasteiger partial charge in [0, 0.05) is 18.7 Å². The molecule has 0 radical (unpaired) electrons. The van der Waals surface area contributed by atoms with Gasteiger partial charge in [-0.1, -0.05) is 12.1 Å². The SMILES string of the molecule is COC(=O)c1ccccc1NCCCC(=O)O. The number of rotatable bonds is 6. The second-order valence-corrected chi connectivity index (χ2v) is 3.46. The van der Waals surface area contributed by atoms with Crippen LogP contribution in [0.1, 0.15) is 23.2 Å². The van der Waals surface area contributed by atoms with E-state index in [1.807, 2.05) is 0 Å². The molecule has 1 rings (SSSR count). The maximum Gasteiger partial charge on any atom is 0.339 e. The summed E-state index contributed by atoms with van der Waals surface area (Å²) >= 11 is 0. The second kappa shape index (κ2) is 6.52. The maximum atomic E-state index is 11.4. The van der Waals surface area contributed by atoms with Gasteiger partial charge in [0.25, 0.3) is 0 Å². The lowest BCUT2D eigenvalue weighted by Gasteiger charge is -2.09. The Morgan fingerprint density at radius 1 is 1.35 bits per heavy atom. The van der Waals surface area contributed by atoms with E-state index >= 15 is 0 Å². The number of para-hydroxylation sites is 1. The van der Waals surface area contributed by atoms with Crippen molar-refractivity contribution in [3.8, 4) is 0 Å². The molecule has 0 atom stereocenters.